The zero-order chi connectivity index (χ0) is 25.4. The van der Waals surface area contributed by atoms with Crippen LogP contribution in [0.2, 0.25) is 0 Å². The minimum absolute atomic E-state index is 0.0383. The van der Waals surface area contributed by atoms with Crippen molar-refractivity contribution in [3.05, 3.63) is 29.3 Å². The lowest BCUT2D eigenvalue weighted by molar-refractivity contribution is -0.150. The summed E-state index contributed by atoms with van der Waals surface area (Å²) < 4.78 is 45.3. The molecule has 1 aromatic carbocycles. The summed E-state index contributed by atoms with van der Waals surface area (Å²) in [4.78, 5) is 29.2. The fourth-order valence-electron chi connectivity index (χ4n) is 6.14. The Labute approximate surface area is 204 Å². The van der Waals surface area contributed by atoms with Gasteiger partial charge in [0.1, 0.15) is 5.75 Å². The SMILES string of the molecule is CC(C)[C@]1(C(=O)N2COc3ccc(C(F)(F)F)cc3C2)CC[C@@H](N2CCCC(C(=O)O)CCC2)C1. The first-order chi connectivity index (χ1) is 16.5. The van der Waals surface area contributed by atoms with Crippen molar-refractivity contribution in [2.45, 2.75) is 77.6 Å². The number of nitrogens with zero attached hydrogens (tertiary/aromatic N) is 2. The van der Waals surface area contributed by atoms with Crippen LogP contribution in [0.25, 0.3) is 0 Å². The molecule has 1 saturated heterocycles. The molecular weight excluding hydrogens is 461 g/mol. The summed E-state index contributed by atoms with van der Waals surface area (Å²) in [6.45, 7) is 5.90. The first kappa shape index (κ1) is 25.8. The first-order valence-electron chi connectivity index (χ1n) is 12.6. The van der Waals surface area contributed by atoms with Crippen molar-refractivity contribution in [3.8, 4) is 5.75 Å². The van der Waals surface area contributed by atoms with Crippen LogP contribution >= 0.6 is 0 Å². The second kappa shape index (κ2) is 9.99. The van der Waals surface area contributed by atoms with Crippen LogP contribution in [0.1, 0.15) is 69.9 Å². The standard InChI is InChI=1S/C26H35F3N2O4/c1-17(2)25(10-9-21(14-25)30-11-3-5-18(23(32)33)6-4-12-30)24(34)31-15-19-13-20(26(27,28)29)7-8-22(19)35-16-31/h7-8,13,17-18,21H,3-6,9-12,14-16H2,1-2H3,(H,32,33)/t21-,25+/m1/s1. The minimum atomic E-state index is -4.45. The highest BCUT2D eigenvalue weighted by atomic mass is 19.4. The smallest absolute Gasteiger partial charge is 0.416 e. The number of aliphatic carboxylic acids is 1. The normalized spacial score (nSPS) is 26.7. The number of carboxylic acids is 1. The molecule has 0 bridgehead atoms. The van der Waals surface area contributed by atoms with Crippen LogP contribution in [0.15, 0.2) is 18.2 Å². The number of ether oxygens (including phenoxy) is 1. The maximum absolute atomic E-state index is 13.9. The molecule has 0 unspecified atom stereocenters. The number of carbonyl (C=O) groups excluding carboxylic acids is 1. The highest BCUT2D eigenvalue weighted by Crippen LogP contribution is 2.48. The summed E-state index contributed by atoms with van der Waals surface area (Å²) in [7, 11) is 0. The molecule has 1 N–H and O–H groups in total. The van der Waals surface area contributed by atoms with Gasteiger partial charge in [-0.25, -0.2) is 0 Å². The Morgan fingerprint density at radius 3 is 2.43 bits per heavy atom. The maximum Gasteiger partial charge on any atom is 0.416 e. The fourth-order valence-corrected chi connectivity index (χ4v) is 6.14. The van der Waals surface area contributed by atoms with Crippen LogP contribution in [0.5, 0.6) is 5.75 Å². The van der Waals surface area contributed by atoms with Gasteiger partial charge >= 0.3 is 12.1 Å². The van der Waals surface area contributed by atoms with Crippen molar-refractivity contribution in [1.82, 2.24) is 9.80 Å². The molecule has 3 aliphatic rings. The molecule has 35 heavy (non-hydrogen) atoms. The van der Waals surface area contributed by atoms with E-state index in [4.69, 9.17) is 4.74 Å². The van der Waals surface area contributed by atoms with Crippen molar-refractivity contribution in [1.29, 1.82) is 0 Å². The average molecular weight is 497 g/mol. The number of rotatable bonds is 4. The van der Waals surface area contributed by atoms with Gasteiger partial charge in [-0.15, -0.1) is 0 Å². The van der Waals surface area contributed by atoms with Gasteiger partial charge in [-0.1, -0.05) is 13.8 Å². The third-order valence-corrected chi connectivity index (χ3v) is 8.33. The number of alkyl halides is 3. The second-order valence-corrected chi connectivity index (χ2v) is 10.7. The molecule has 2 atom stereocenters. The van der Waals surface area contributed by atoms with Crippen molar-refractivity contribution in [2.75, 3.05) is 19.8 Å². The Kier molecular flexibility index (Phi) is 7.36. The lowest BCUT2D eigenvalue weighted by Crippen LogP contribution is -2.49. The Bertz CT molecular complexity index is 941. The van der Waals surface area contributed by atoms with Gasteiger partial charge in [0.05, 0.1) is 23.4 Å². The van der Waals surface area contributed by atoms with Crippen molar-refractivity contribution < 1.29 is 32.6 Å². The van der Waals surface area contributed by atoms with E-state index < -0.39 is 23.1 Å². The van der Waals surface area contributed by atoms with Crippen molar-refractivity contribution in [3.63, 3.8) is 0 Å². The summed E-state index contributed by atoms with van der Waals surface area (Å²) in [5.74, 6) is -0.552. The third-order valence-electron chi connectivity index (χ3n) is 8.33. The lowest BCUT2D eigenvalue weighted by atomic mass is 9.74. The number of likely N-dealkylation sites (tertiary alicyclic amines) is 1. The van der Waals surface area contributed by atoms with Gasteiger partial charge in [0.25, 0.3) is 0 Å². The molecule has 0 spiro atoms. The van der Waals surface area contributed by atoms with Crippen LogP contribution < -0.4 is 4.74 Å². The number of halogens is 3. The van der Waals surface area contributed by atoms with Gasteiger partial charge in [0, 0.05) is 11.6 Å². The number of fused-ring (bicyclic) bond motifs is 1. The molecule has 194 valence electrons. The van der Waals surface area contributed by atoms with Gasteiger partial charge in [-0.05, 0) is 82.2 Å². The van der Waals surface area contributed by atoms with Crippen LogP contribution in [0.3, 0.4) is 0 Å². The number of amides is 1. The molecule has 0 radical (unpaired) electrons. The summed E-state index contributed by atoms with van der Waals surface area (Å²) in [6.07, 6.45) is 0.884. The summed E-state index contributed by atoms with van der Waals surface area (Å²) in [6, 6.07) is 3.67. The molecule has 1 aliphatic carbocycles. The van der Waals surface area contributed by atoms with E-state index in [0.29, 0.717) is 30.6 Å². The quantitative estimate of drug-likeness (QED) is 0.624. The van der Waals surface area contributed by atoms with E-state index in [0.717, 1.165) is 50.9 Å². The van der Waals surface area contributed by atoms with Gasteiger partial charge < -0.3 is 19.6 Å². The number of hydrogen-bond donors (Lipinski definition) is 1. The number of hydrogen-bond acceptors (Lipinski definition) is 4. The molecule has 4 rings (SSSR count). The van der Waals surface area contributed by atoms with E-state index >= 15 is 0 Å². The number of carbonyl (C=O) groups is 2. The van der Waals surface area contributed by atoms with E-state index in [2.05, 4.69) is 4.90 Å². The van der Waals surface area contributed by atoms with E-state index in [1.165, 1.54) is 6.07 Å². The predicted molar refractivity (Wildman–Crippen MR) is 124 cm³/mol. The minimum Gasteiger partial charge on any atom is -0.481 e. The molecule has 0 aromatic heterocycles. The largest absolute Gasteiger partial charge is 0.481 e. The fraction of sp³-hybridized carbons (Fsp3) is 0.692. The van der Waals surface area contributed by atoms with Crippen molar-refractivity contribution >= 4 is 11.9 Å². The van der Waals surface area contributed by atoms with Crippen LogP contribution in [0, 0.1) is 17.3 Å². The van der Waals surface area contributed by atoms with Crippen LogP contribution in [0.4, 0.5) is 13.2 Å². The Hall–Kier alpha value is -2.29. The topological polar surface area (TPSA) is 70.1 Å². The number of carboxylic acid groups (broad SMARTS) is 1. The molecule has 1 amide bonds. The molecule has 2 aliphatic heterocycles. The third kappa shape index (κ3) is 5.29. The molecule has 6 nitrogen and oxygen atoms in total. The Morgan fingerprint density at radius 1 is 1.14 bits per heavy atom. The van der Waals surface area contributed by atoms with Gasteiger partial charge in [-0.3, -0.25) is 9.59 Å². The second-order valence-electron chi connectivity index (χ2n) is 10.7. The van der Waals surface area contributed by atoms with Gasteiger partial charge in [-0.2, -0.15) is 13.2 Å². The summed E-state index contributed by atoms with van der Waals surface area (Å²) in [5.41, 5.74) is -0.945. The van der Waals surface area contributed by atoms with E-state index in [-0.39, 0.29) is 37.1 Å². The van der Waals surface area contributed by atoms with E-state index in [9.17, 15) is 27.9 Å². The predicted octanol–water partition coefficient (Wildman–Crippen LogP) is 5.16. The van der Waals surface area contributed by atoms with Crippen molar-refractivity contribution in [2.24, 2.45) is 17.3 Å². The van der Waals surface area contributed by atoms with E-state index in [1.54, 1.807) is 4.90 Å². The maximum atomic E-state index is 13.9. The lowest BCUT2D eigenvalue weighted by Gasteiger charge is -2.40. The van der Waals surface area contributed by atoms with Crippen LogP contribution in [-0.2, 0) is 22.3 Å². The summed E-state index contributed by atoms with van der Waals surface area (Å²) >= 11 is 0. The van der Waals surface area contributed by atoms with Gasteiger partial charge in [0.2, 0.25) is 5.91 Å². The summed E-state index contributed by atoms with van der Waals surface area (Å²) in [5, 5.41) is 9.34. The van der Waals surface area contributed by atoms with Gasteiger partial charge in [0.15, 0.2) is 6.73 Å². The average Bonchev–Trinajstić information content (AvgIpc) is 3.23. The zero-order valence-electron chi connectivity index (χ0n) is 20.4. The van der Waals surface area contributed by atoms with E-state index in [1.807, 2.05) is 13.8 Å². The number of benzene rings is 1. The Morgan fingerprint density at radius 2 is 1.83 bits per heavy atom. The monoisotopic (exact) mass is 496 g/mol. The molecule has 2 fully saturated rings. The Balaban J connectivity index is 1.46. The molecule has 1 aromatic rings. The first-order valence-corrected chi connectivity index (χ1v) is 12.6. The molecule has 1 saturated carbocycles. The highest BCUT2D eigenvalue weighted by molar-refractivity contribution is 5.83. The zero-order valence-corrected chi connectivity index (χ0v) is 20.4. The molecule has 9 heteroatoms. The molecular formula is C26H35F3N2O4. The highest BCUT2D eigenvalue weighted by Gasteiger charge is 2.51. The molecule has 2 heterocycles. The van der Waals surface area contributed by atoms with Crippen LogP contribution in [-0.4, -0.2) is 52.6 Å².